The molecule has 12 heteroatoms. The number of anilines is 2. The Hall–Kier alpha value is -4.64. The van der Waals surface area contributed by atoms with Gasteiger partial charge in [-0.15, -0.1) is 0 Å². The predicted molar refractivity (Wildman–Crippen MR) is 155 cm³/mol. The highest BCUT2D eigenvalue weighted by Crippen LogP contribution is 2.31. The van der Waals surface area contributed by atoms with Gasteiger partial charge in [0.2, 0.25) is 0 Å². The molecule has 0 saturated carbocycles. The van der Waals surface area contributed by atoms with Crippen LogP contribution in [0.15, 0.2) is 59.8 Å². The molecular formula is C28H28ClN9O2. The average molecular weight is 558 g/mol. The summed E-state index contributed by atoms with van der Waals surface area (Å²) in [5.74, 6) is 0.371. The van der Waals surface area contributed by atoms with Gasteiger partial charge in [-0.2, -0.15) is 14.9 Å². The first-order chi connectivity index (χ1) is 19.1. The molecule has 4 heterocycles. The Morgan fingerprint density at radius 2 is 1.77 bits per heavy atom. The summed E-state index contributed by atoms with van der Waals surface area (Å²) < 4.78 is 2.95. The molecule has 5 rings (SSSR count). The van der Waals surface area contributed by atoms with Gasteiger partial charge in [-0.3, -0.25) is 9.59 Å². The summed E-state index contributed by atoms with van der Waals surface area (Å²) >= 11 is 5.95. The zero-order chi connectivity index (χ0) is 28.6. The molecule has 3 N–H and O–H groups in total. The molecule has 0 unspecified atom stereocenters. The number of fused-ring (bicyclic) bond motifs is 1. The van der Waals surface area contributed by atoms with E-state index < -0.39 is 11.5 Å². The molecule has 1 amide bonds. The molecule has 0 aliphatic rings. The number of amides is 1. The largest absolute Gasteiger partial charge is 0.383 e. The molecule has 204 valence electrons. The average Bonchev–Trinajstić information content (AvgIpc) is 3.28. The predicted octanol–water partition coefficient (Wildman–Crippen LogP) is 4.70. The monoisotopic (exact) mass is 557 g/mol. The van der Waals surface area contributed by atoms with Gasteiger partial charge in [-0.05, 0) is 42.2 Å². The number of nitrogens with two attached hydrogens (primary N) is 1. The van der Waals surface area contributed by atoms with Crippen LogP contribution >= 0.6 is 11.6 Å². The summed E-state index contributed by atoms with van der Waals surface area (Å²) in [7, 11) is 0. The van der Waals surface area contributed by atoms with Crippen molar-refractivity contribution in [3.63, 3.8) is 0 Å². The van der Waals surface area contributed by atoms with Crippen LogP contribution in [0.3, 0.4) is 0 Å². The van der Waals surface area contributed by atoms with E-state index in [0.717, 1.165) is 10.2 Å². The first-order valence-electron chi connectivity index (χ1n) is 12.8. The zero-order valence-electron chi connectivity index (χ0n) is 22.5. The third-order valence-electron chi connectivity index (χ3n) is 6.21. The number of nitrogens with one attached hydrogen (secondary N) is 1. The number of nitrogens with zero attached hydrogens (tertiary/aromatic N) is 7. The van der Waals surface area contributed by atoms with Crippen LogP contribution in [0.25, 0.3) is 28.1 Å². The maximum absolute atomic E-state index is 13.3. The number of carbonyl (C=O) groups is 1. The number of halogens is 1. The molecule has 0 atom stereocenters. The van der Waals surface area contributed by atoms with Crippen LogP contribution in [0.5, 0.6) is 0 Å². The van der Waals surface area contributed by atoms with Crippen molar-refractivity contribution in [3.05, 3.63) is 81.6 Å². The van der Waals surface area contributed by atoms with E-state index in [4.69, 9.17) is 22.4 Å². The quantitative estimate of drug-likeness (QED) is 0.292. The minimum atomic E-state index is -0.592. The number of hydrogen-bond donors (Lipinski definition) is 2. The SMILES string of the molecule is CC(C)Cn1nc(-c2ccc(NC(=O)c3cc(C(C)C)nn(-c4ccc(Cl)cn4)c3=O)cc2)c2c(N)ncnc21. The molecule has 1 aromatic carbocycles. The molecule has 0 fully saturated rings. The van der Waals surface area contributed by atoms with Gasteiger partial charge in [-0.1, -0.05) is 51.4 Å². The van der Waals surface area contributed by atoms with E-state index in [1.807, 2.05) is 30.7 Å². The highest BCUT2D eigenvalue weighted by molar-refractivity contribution is 6.30. The topological polar surface area (TPSA) is 146 Å². The molecule has 11 nitrogen and oxygen atoms in total. The normalized spacial score (nSPS) is 11.5. The van der Waals surface area contributed by atoms with E-state index in [9.17, 15) is 9.59 Å². The first-order valence-corrected chi connectivity index (χ1v) is 13.1. The van der Waals surface area contributed by atoms with Gasteiger partial charge in [0.05, 0.1) is 16.1 Å². The summed E-state index contributed by atoms with van der Waals surface area (Å²) in [6.45, 7) is 8.73. The highest BCUT2D eigenvalue weighted by Gasteiger charge is 2.20. The minimum absolute atomic E-state index is 0.0354. The smallest absolute Gasteiger partial charge is 0.285 e. The molecule has 0 saturated heterocycles. The van der Waals surface area contributed by atoms with Crippen LogP contribution in [0.4, 0.5) is 11.5 Å². The maximum Gasteiger partial charge on any atom is 0.285 e. The van der Waals surface area contributed by atoms with Crippen molar-refractivity contribution in [2.24, 2.45) is 5.92 Å². The minimum Gasteiger partial charge on any atom is -0.383 e. The second kappa shape index (κ2) is 10.9. The Bertz CT molecular complexity index is 1760. The second-order valence-corrected chi connectivity index (χ2v) is 10.5. The summed E-state index contributed by atoms with van der Waals surface area (Å²) in [6, 6.07) is 11.8. The van der Waals surface area contributed by atoms with Crippen molar-refractivity contribution >= 4 is 40.0 Å². The van der Waals surface area contributed by atoms with Gasteiger partial charge >= 0.3 is 0 Å². The van der Waals surface area contributed by atoms with Crippen molar-refractivity contribution in [1.29, 1.82) is 0 Å². The number of nitrogen functional groups attached to an aromatic ring is 1. The van der Waals surface area contributed by atoms with E-state index in [2.05, 4.69) is 39.2 Å². The van der Waals surface area contributed by atoms with Crippen molar-refractivity contribution in [1.82, 2.24) is 34.5 Å². The van der Waals surface area contributed by atoms with Gasteiger partial charge in [0.1, 0.15) is 23.4 Å². The van der Waals surface area contributed by atoms with E-state index in [1.54, 1.807) is 24.3 Å². The van der Waals surface area contributed by atoms with Gasteiger partial charge < -0.3 is 11.1 Å². The summed E-state index contributed by atoms with van der Waals surface area (Å²) in [5, 5.41) is 13.1. The van der Waals surface area contributed by atoms with Crippen LogP contribution in [0.2, 0.25) is 5.02 Å². The fourth-order valence-electron chi connectivity index (χ4n) is 4.22. The Kier molecular flexibility index (Phi) is 7.31. The van der Waals surface area contributed by atoms with Crippen molar-refractivity contribution in [3.8, 4) is 17.1 Å². The summed E-state index contributed by atoms with van der Waals surface area (Å²) in [6.07, 6.45) is 2.85. The van der Waals surface area contributed by atoms with Crippen LogP contribution in [0, 0.1) is 5.92 Å². The third-order valence-corrected chi connectivity index (χ3v) is 6.43. The van der Waals surface area contributed by atoms with E-state index in [1.165, 1.54) is 18.6 Å². The van der Waals surface area contributed by atoms with E-state index >= 15 is 0 Å². The molecule has 0 spiro atoms. The van der Waals surface area contributed by atoms with Gasteiger partial charge in [-0.25, -0.2) is 19.6 Å². The summed E-state index contributed by atoms with van der Waals surface area (Å²) in [5.41, 5.74) is 8.73. The molecular weight excluding hydrogens is 530 g/mol. The number of benzene rings is 1. The Morgan fingerprint density at radius 1 is 1.02 bits per heavy atom. The lowest BCUT2D eigenvalue weighted by molar-refractivity contribution is 0.102. The lowest BCUT2D eigenvalue weighted by Gasteiger charge is -2.12. The van der Waals surface area contributed by atoms with Gasteiger partial charge in [0.25, 0.3) is 11.5 Å². The molecule has 0 bridgehead atoms. The number of rotatable bonds is 7. The van der Waals surface area contributed by atoms with Crippen LogP contribution in [-0.4, -0.2) is 40.4 Å². The van der Waals surface area contributed by atoms with Crippen LogP contribution < -0.4 is 16.6 Å². The van der Waals surface area contributed by atoms with Crippen LogP contribution in [-0.2, 0) is 6.54 Å². The first kappa shape index (κ1) is 26.9. The lowest BCUT2D eigenvalue weighted by Crippen LogP contribution is -2.31. The summed E-state index contributed by atoms with van der Waals surface area (Å²) in [4.78, 5) is 39.3. The molecule has 5 aromatic rings. The molecule has 40 heavy (non-hydrogen) atoms. The number of carbonyl (C=O) groups excluding carboxylic acids is 1. The van der Waals surface area contributed by atoms with Gasteiger partial charge in [0, 0.05) is 24.0 Å². The van der Waals surface area contributed by atoms with E-state index in [0.29, 0.717) is 51.4 Å². The number of hydrogen-bond acceptors (Lipinski definition) is 8. The van der Waals surface area contributed by atoms with Crippen LogP contribution in [0.1, 0.15) is 49.7 Å². The Balaban J connectivity index is 1.47. The zero-order valence-corrected chi connectivity index (χ0v) is 23.2. The van der Waals surface area contributed by atoms with Gasteiger partial charge in [0.15, 0.2) is 11.5 Å². The second-order valence-electron chi connectivity index (χ2n) is 10.1. The standard InChI is InChI=1S/C28H28ClN9O2/c1-15(2)13-37-26-23(25(30)32-14-33-26)24(36-37)17-5-8-19(9-6-17)34-27(39)20-11-21(16(3)4)35-38(28(20)40)22-10-7-18(29)12-31-22/h5-12,14-16H,13H2,1-4H3,(H,34,39)(H2,30,32,33). The molecule has 4 aromatic heterocycles. The number of aromatic nitrogens is 7. The Labute approximate surface area is 235 Å². The lowest BCUT2D eigenvalue weighted by atomic mass is 10.1. The van der Waals surface area contributed by atoms with E-state index in [-0.39, 0.29) is 17.3 Å². The van der Waals surface area contributed by atoms with Crippen molar-refractivity contribution in [2.45, 2.75) is 40.2 Å². The fourth-order valence-corrected chi connectivity index (χ4v) is 4.33. The molecule has 0 aliphatic heterocycles. The Morgan fingerprint density at radius 3 is 2.42 bits per heavy atom. The number of pyridine rings is 1. The maximum atomic E-state index is 13.3. The van der Waals surface area contributed by atoms with Crippen molar-refractivity contribution in [2.75, 3.05) is 11.1 Å². The van der Waals surface area contributed by atoms with Crippen molar-refractivity contribution < 1.29 is 4.79 Å². The molecule has 0 radical (unpaired) electrons. The highest BCUT2D eigenvalue weighted by atomic mass is 35.5. The molecule has 0 aliphatic carbocycles. The fraction of sp³-hybridized carbons (Fsp3) is 0.250. The third kappa shape index (κ3) is 5.28.